The zero-order valence-corrected chi connectivity index (χ0v) is 18.0. The first-order valence-electron chi connectivity index (χ1n) is 10.5. The monoisotopic (exact) mass is 418 g/mol. The molecule has 4 rings (SSSR count). The molecule has 2 heterocycles. The maximum absolute atomic E-state index is 13.5. The maximum Gasteiger partial charge on any atom is 0.315 e. The Morgan fingerprint density at radius 1 is 1.16 bits per heavy atom. The zero-order valence-electron chi connectivity index (χ0n) is 18.0. The average molecular weight is 418 g/mol. The Hall–Kier alpha value is -3.28. The van der Waals surface area contributed by atoms with E-state index in [0.717, 1.165) is 22.6 Å². The normalized spacial score (nSPS) is 23.1. The van der Waals surface area contributed by atoms with Crippen LogP contribution in [0, 0.1) is 5.92 Å². The number of ether oxygens (including phenoxy) is 2. The number of aliphatic imine (C=N–C) groups is 1. The molecule has 6 nitrogen and oxygen atoms in total. The van der Waals surface area contributed by atoms with Gasteiger partial charge in [-0.25, -0.2) is 0 Å². The van der Waals surface area contributed by atoms with E-state index >= 15 is 0 Å². The molecule has 3 atom stereocenters. The standard InChI is InChI=1S/C25H26N2O4/c1-4-31-25(29)22-15(2)27-20-12-18(16-7-5-9-19(11-16)30-3)13-21(28)24(20)23(22)17-8-6-10-26-14-17/h5-11,14,18,22-23H,4,12-13H2,1-3H3/t18-,22?,23-/m1/s1. The number of hydrogen-bond acceptors (Lipinski definition) is 6. The second kappa shape index (κ2) is 8.84. The molecule has 160 valence electrons. The summed E-state index contributed by atoms with van der Waals surface area (Å²) in [4.78, 5) is 35.3. The predicted molar refractivity (Wildman–Crippen MR) is 117 cm³/mol. The van der Waals surface area contributed by atoms with E-state index in [4.69, 9.17) is 14.5 Å². The lowest BCUT2D eigenvalue weighted by Crippen LogP contribution is -2.38. The van der Waals surface area contributed by atoms with E-state index in [1.165, 1.54) is 0 Å². The van der Waals surface area contributed by atoms with Gasteiger partial charge in [0.25, 0.3) is 0 Å². The number of pyridine rings is 1. The first-order valence-corrected chi connectivity index (χ1v) is 10.5. The van der Waals surface area contributed by atoms with Gasteiger partial charge in [-0.15, -0.1) is 0 Å². The van der Waals surface area contributed by atoms with Crippen LogP contribution in [-0.4, -0.2) is 36.2 Å². The van der Waals surface area contributed by atoms with Gasteiger partial charge < -0.3 is 9.47 Å². The van der Waals surface area contributed by atoms with Gasteiger partial charge in [-0.3, -0.25) is 19.6 Å². The molecule has 0 spiro atoms. The summed E-state index contributed by atoms with van der Waals surface area (Å²) >= 11 is 0. The van der Waals surface area contributed by atoms with Crippen LogP contribution in [0.1, 0.15) is 49.7 Å². The number of hydrogen-bond donors (Lipinski definition) is 0. The van der Waals surface area contributed by atoms with E-state index < -0.39 is 11.8 Å². The van der Waals surface area contributed by atoms with Crippen LogP contribution in [0.5, 0.6) is 5.75 Å². The fraction of sp³-hybridized carbons (Fsp3) is 0.360. The van der Waals surface area contributed by atoms with Gasteiger partial charge in [-0.2, -0.15) is 0 Å². The van der Waals surface area contributed by atoms with Crippen molar-refractivity contribution in [3.8, 4) is 5.75 Å². The van der Waals surface area contributed by atoms with Crippen molar-refractivity contribution in [3.63, 3.8) is 0 Å². The lowest BCUT2D eigenvalue weighted by atomic mass is 9.69. The Kier molecular flexibility index (Phi) is 5.98. The van der Waals surface area contributed by atoms with Gasteiger partial charge in [-0.1, -0.05) is 18.2 Å². The first-order chi connectivity index (χ1) is 15.0. The number of ketones is 1. The maximum atomic E-state index is 13.5. The minimum Gasteiger partial charge on any atom is -0.497 e. The van der Waals surface area contributed by atoms with E-state index in [9.17, 15) is 9.59 Å². The Morgan fingerprint density at radius 2 is 1.97 bits per heavy atom. The zero-order chi connectivity index (χ0) is 22.0. The summed E-state index contributed by atoms with van der Waals surface area (Å²) in [6.07, 6.45) is 4.41. The molecule has 1 aromatic heterocycles. The minimum absolute atomic E-state index is 0.0200. The second-order valence-corrected chi connectivity index (χ2v) is 7.91. The fourth-order valence-corrected chi connectivity index (χ4v) is 4.65. The highest BCUT2D eigenvalue weighted by molar-refractivity contribution is 6.09. The molecule has 1 unspecified atom stereocenters. The van der Waals surface area contributed by atoms with Crippen LogP contribution in [0.3, 0.4) is 0 Å². The molecule has 1 aliphatic carbocycles. The van der Waals surface area contributed by atoms with Gasteiger partial charge in [0, 0.05) is 41.7 Å². The quantitative estimate of drug-likeness (QED) is 0.679. The number of carbonyl (C=O) groups is 2. The summed E-state index contributed by atoms with van der Waals surface area (Å²) in [6.45, 7) is 3.90. The van der Waals surface area contributed by atoms with E-state index in [0.29, 0.717) is 24.1 Å². The van der Waals surface area contributed by atoms with Crippen LogP contribution in [0.25, 0.3) is 0 Å². The predicted octanol–water partition coefficient (Wildman–Crippen LogP) is 4.23. The number of allylic oxidation sites excluding steroid dienone is 2. The molecule has 0 radical (unpaired) electrons. The van der Waals surface area contributed by atoms with E-state index in [-0.39, 0.29) is 24.3 Å². The van der Waals surface area contributed by atoms with Gasteiger partial charge in [0.15, 0.2) is 5.78 Å². The SMILES string of the molecule is CCOC(=O)C1C(C)=NC2=C(C(=O)C[C@H](c3cccc(OC)c3)C2)[C@@H]1c1cccnc1. The Labute approximate surface area is 182 Å². The number of Topliss-reactive ketones (excluding diaryl/α,β-unsaturated/α-hetero) is 1. The molecule has 0 saturated carbocycles. The van der Waals surface area contributed by atoms with E-state index in [2.05, 4.69) is 4.98 Å². The van der Waals surface area contributed by atoms with Gasteiger partial charge in [0.05, 0.1) is 13.7 Å². The number of rotatable bonds is 5. The van der Waals surface area contributed by atoms with Crippen molar-refractivity contribution in [2.24, 2.45) is 10.9 Å². The third-order valence-electron chi connectivity index (χ3n) is 6.04. The first kappa shape index (κ1) is 21.0. The molecule has 1 aliphatic heterocycles. The Morgan fingerprint density at radius 3 is 2.68 bits per heavy atom. The van der Waals surface area contributed by atoms with Crippen molar-refractivity contribution in [2.45, 2.75) is 38.5 Å². The summed E-state index contributed by atoms with van der Waals surface area (Å²) < 4.78 is 10.7. The van der Waals surface area contributed by atoms with E-state index in [1.807, 2.05) is 43.3 Å². The highest BCUT2D eigenvalue weighted by Gasteiger charge is 2.44. The van der Waals surface area contributed by atoms with Gasteiger partial charge in [0.2, 0.25) is 0 Å². The van der Waals surface area contributed by atoms with Gasteiger partial charge in [0.1, 0.15) is 11.7 Å². The summed E-state index contributed by atoms with van der Waals surface area (Å²) in [7, 11) is 1.63. The molecule has 0 bridgehead atoms. The van der Waals surface area contributed by atoms with Crippen LogP contribution < -0.4 is 4.74 Å². The summed E-state index contributed by atoms with van der Waals surface area (Å²) in [5, 5.41) is 0. The Balaban J connectivity index is 1.77. The fourth-order valence-electron chi connectivity index (χ4n) is 4.65. The van der Waals surface area contributed by atoms with Crippen LogP contribution in [0.15, 0.2) is 65.1 Å². The number of benzene rings is 1. The number of nitrogens with zero attached hydrogens (tertiary/aromatic N) is 2. The molecule has 2 aliphatic rings. The molecule has 31 heavy (non-hydrogen) atoms. The van der Waals surface area contributed by atoms with Crippen molar-refractivity contribution in [3.05, 3.63) is 71.2 Å². The third kappa shape index (κ3) is 4.02. The van der Waals surface area contributed by atoms with Crippen molar-refractivity contribution < 1.29 is 19.1 Å². The molecule has 0 amide bonds. The summed E-state index contributed by atoms with van der Waals surface area (Å²) in [5.74, 6) is -0.602. The van der Waals surface area contributed by atoms with Crippen LogP contribution in [0.4, 0.5) is 0 Å². The van der Waals surface area contributed by atoms with Crippen molar-refractivity contribution in [2.75, 3.05) is 13.7 Å². The largest absolute Gasteiger partial charge is 0.497 e. The van der Waals surface area contributed by atoms with Crippen molar-refractivity contribution in [1.29, 1.82) is 0 Å². The number of carbonyl (C=O) groups excluding carboxylic acids is 2. The minimum atomic E-state index is -0.625. The van der Waals surface area contributed by atoms with Crippen LogP contribution >= 0.6 is 0 Å². The smallest absolute Gasteiger partial charge is 0.315 e. The molecule has 6 heteroatoms. The van der Waals surface area contributed by atoms with Gasteiger partial charge >= 0.3 is 5.97 Å². The molecule has 0 N–H and O–H groups in total. The third-order valence-corrected chi connectivity index (χ3v) is 6.04. The van der Waals surface area contributed by atoms with E-state index in [1.54, 1.807) is 26.4 Å². The number of methoxy groups -OCH3 is 1. The van der Waals surface area contributed by atoms with Crippen molar-refractivity contribution in [1.82, 2.24) is 4.98 Å². The molecule has 0 saturated heterocycles. The topological polar surface area (TPSA) is 77.8 Å². The number of esters is 1. The highest BCUT2D eigenvalue weighted by Crippen LogP contribution is 2.46. The number of aromatic nitrogens is 1. The summed E-state index contributed by atoms with van der Waals surface area (Å²) in [5.41, 5.74) is 3.94. The molecule has 1 aromatic carbocycles. The summed E-state index contributed by atoms with van der Waals surface area (Å²) in [6, 6.07) is 11.6. The lowest BCUT2D eigenvalue weighted by Gasteiger charge is -2.36. The lowest BCUT2D eigenvalue weighted by molar-refractivity contribution is -0.146. The van der Waals surface area contributed by atoms with Crippen LogP contribution in [-0.2, 0) is 14.3 Å². The molecule has 0 fully saturated rings. The Bertz CT molecular complexity index is 1060. The average Bonchev–Trinajstić information content (AvgIpc) is 2.78. The van der Waals surface area contributed by atoms with Gasteiger partial charge in [-0.05, 0) is 55.5 Å². The highest BCUT2D eigenvalue weighted by atomic mass is 16.5. The second-order valence-electron chi connectivity index (χ2n) is 7.91. The molecular weight excluding hydrogens is 392 g/mol. The van der Waals surface area contributed by atoms with Crippen LogP contribution in [0.2, 0.25) is 0 Å². The molecular formula is C25H26N2O4. The molecule has 2 aromatic rings. The van der Waals surface area contributed by atoms with Crippen molar-refractivity contribution >= 4 is 17.5 Å².